The van der Waals surface area contributed by atoms with E-state index in [1.54, 1.807) is 4.90 Å². The van der Waals surface area contributed by atoms with E-state index in [0.717, 1.165) is 24.9 Å². The summed E-state index contributed by atoms with van der Waals surface area (Å²) < 4.78 is 0. The highest BCUT2D eigenvalue weighted by atomic mass is 32.1. The predicted octanol–water partition coefficient (Wildman–Crippen LogP) is 4.33. The highest BCUT2D eigenvalue weighted by Gasteiger charge is 2.34. The first kappa shape index (κ1) is 17.7. The molecule has 132 valence electrons. The van der Waals surface area contributed by atoms with Crippen molar-refractivity contribution in [3.05, 3.63) is 52.2 Å². The molecule has 5 heteroatoms. The molecule has 0 spiro atoms. The zero-order valence-electron chi connectivity index (χ0n) is 14.5. The minimum atomic E-state index is -0.380. The van der Waals surface area contributed by atoms with Crippen molar-refractivity contribution in [2.45, 2.75) is 45.1 Å². The highest BCUT2D eigenvalue weighted by Crippen LogP contribution is 2.23. The first-order valence-electron chi connectivity index (χ1n) is 8.93. The van der Waals surface area contributed by atoms with Crippen LogP contribution >= 0.6 is 11.3 Å². The quantitative estimate of drug-likeness (QED) is 0.837. The van der Waals surface area contributed by atoms with Gasteiger partial charge in [-0.05, 0) is 54.8 Å². The molecule has 4 nitrogen and oxygen atoms in total. The summed E-state index contributed by atoms with van der Waals surface area (Å²) in [5.41, 5.74) is 2.08. The Morgan fingerprint density at radius 2 is 2.04 bits per heavy atom. The minimum absolute atomic E-state index is 0.0393. The van der Waals surface area contributed by atoms with Gasteiger partial charge in [0, 0.05) is 12.2 Å². The number of nitrogens with one attached hydrogen (secondary N) is 1. The Balaban J connectivity index is 1.63. The van der Waals surface area contributed by atoms with Crippen LogP contribution in [0.15, 0.2) is 41.8 Å². The number of anilines is 1. The molecule has 0 aliphatic carbocycles. The van der Waals surface area contributed by atoms with Crippen LogP contribution < -0.4 is 5.32 Å². The molecule has 25 heavy (non-hydrogen) atoms. The largest absolute Gasteiger partial charge is 0.326 e. The zero-order valence-corrected chi connectivity index (χ0v) is 15.3. The molecule has 1 saturated heterocycles. The van der Waals surface area contributed by atoms with Gasteiger partial charge in [0.15, 0.2) is 0 Å². The summed E-state index contributed by atoms with van der Waals surface area (Å²) in [4.78, 5) is 27.6. The number of carbonyl (C=O) groups excluding carboxylic acids is 2. The van der Waals surface area contributed by atoms with Gasteiger partial charge in [0.05, 0.1) is 4.88 Å². The van der Waals surface area contributed by atoms with Gasteiger partial charge in [0.2, 0.25) is 5.91 Å². The van der Waals surface area contributed by atoms with E-state index < -0.39 is 0 Å². The van der Waals surface area contributed by atoms with E-state index in [1.165, 1.54) is 29.7 Å². The second kappa shape index (κ2) is 8.30. The van der Waals surface area contributed by atoms with Crippen molar-refractivity contribution in [3.8, 4) is 0 Å². The highest BCUT2D eigenvalue weighted by molar-refractivity contribution is 7.12. The molecular formula is C20H24N2O2S. The first-order chi connectivity index (χ1) is 12.2. The van der Waals surface area contributed by atoms with Crippen LogP contribution in [-0.4, -0.2) is 29.3 Å². The maximum atomic E-state index is 12.7. The number of likely N-dealkylation sites (tertiary alicyclic amines) is 1. The van der Waals surface area contributed by atoms with Gasteiger partial charge < -0.3 is 10.2 Å². The van der Waals surface area contributed by atoms with Gasteiger partial charge in [0.1, 0.15) is 6.04 Å². The standard InChI is InChI=1S/C20H24N2O2S/c1-2-3-6-15-9-11-16(12-10-15)21-19(23)17-7-4-13-22(17)20(24)18-8-5-14-25-18/h5,8-12,14,17H,2-4,6-7,13H2,1H3,(H,21,23). The predicted molar refractivity (Wildman–Crippen MR) is 102 cm³/mol. The van der Waals surface area contributed by atoms with Crippen molar-refractivity contribution < 1.29 is 9.59 Å². The number of benzene rings is 1. The third-order valence-corrected chi connectivity index (χ3v) is 5.45. The Kier molecular flexibility index (Phi) is 5.87. The number of amides is 2. The van der Waals surface area contributed by atoms with Crippen molar-refractivity contribution >= 4 is 28.8 Å². The van der Waals surface area contributed by atoms with Gasteiger partial charge in [-0.25, -0.2) is 0 Å². The molecule has 0 radical (unpaired) electrons. The topological polar surface area (TPSA) is 49.4 Å². The summed E-state index contributed by atoms with van der Waals surface area (Å²) in [6, 6.07) is 11.3. The SMILES string of the molecule is CCCCc1ccc(NC(=O)C2CCCN2C(=O)c2cccs2)cc1. The zero-order chi connectivity index (χ0) is 17.6. The molecular weight excluding hydrogens is 332 g/mol. The number of nitrogens with zero attached hydrogens (tertiary/aromatic N) is 1. The van der Waals surface area contributed by atoms with Gasteiger partial charge in [-0.2, -0.15) is 0 Å². The maximum Gasteiger partial charge on any atom is 0.264 e. The lowest BCUT2D eigenvalue weighted by Crippen LogP contribution is -2.42. The minimum Gasteiger partial charge on any atom is -0.326 e. The van der Waals surface area contributed by atoms with Crippen LogP contribution in [0.2, 0.25) is 0 Å². The Hall–Kier alpha value is -2.14. The van der Waals surface area contributed by atoms with E-state index in [0.29, 0.717) is 11.4 Å². The smallest absolute Gasteiger partial charge is 0.264 e. The normalized spacial score (nSPS) is 16.8. The van der Waals surface area contributed by atoms with Crippen LogP contribution in [0.5, 0.6) is 0 Å². The number of thiophene rings is 1. The monoisotopic (exact) mass is 356 g/mol. The summed E-state index contributed by atoms with van der Waals surface area (Å²) in [6.07, 6.45) is 5.00. The molecule has 1 aromatic heterocycles. The molecule has 1 unspecified atom stereocenters. The number of hydrogen-bond acceptors (Lipinski definition) is 3. The lowest BCUT2D eigenvalue weighted by molar-refractivity contribution is -0.119. The molecule has 2 amide bonds. The van der Waals surface area contributed by atoms with Crippen molar-refractivity contribution in [3.63, 3.8) is 0 Å². The third kappa shape index (κ3) is 4.28. The Morgan fingerprint density at radius 3 is 2.72 bits per heavy atom. The van der Waals surface area contributed by atoms with Crippen LogP contribution in [0, 0.1) is 0 Å². The van der Waals surface area contributed by atoms with Crippen LogP contribution in [0.25, 0.3) is 0 Å². The fourth-order valence-electron chi connectivity index (χ4n) is 3.19. The fraction of sp³-hybridized carbons (Fsp3) is 0.400. The van der Waals surface area contributed by atoms with Crippen molar-refractivity contribution in [1.29, 1.82) is 0 Å². The Morgan fingerprint density at radius 1 is 1.24 bits per heavy atom. The van der Waals surface area contributed by atoms with Crippen LogP contribution in [0.3, 0.4) is 0 Å². The molecule has 1 aliphatic rings. The van der Waals surface area contributed by atoms with E-state index in [-0.39, 0.29) is 17.9 Å². The maximum absolute atomic E-state index is 12.7. The van der Waals surface area contributed by atoms with E-state index >= 15 is 0 Å². The van der Waals surface area contributed by atoms with E-state index in [9.17, 15) is 9.59 Å². The summed E-state index contributed by atoms with van der Waals surface area (Å²) in [5, 5.41) is 4.86. The molecule has 0 bridgehead atoms. The van der Waals surface area contributed by atoms with Crippen molar-refractivity contribution in [2.24, 2.45) is 0 Å². The molecule has 2 heterocycles. The summed E-state index contributed by atoms with van der Waals surface area (Å²) >= 11 is 1.42. The second-order valence-electron chi connectivity index (χ2n) is 6.42. The number of aryl methyl sites for hydroxylation is 1. The fourth-order valence-corrected chi connectivity index (χ4v) is 3.86. The average molecular weight is 356 g/mol. The third-order valence-electron chi connectivity index (χ3n) is 4.59. The summed E-state index contributed by atoms with van der Waals surface area (Å²) in [6.45, 7) is 2.82. The lowest BCUT2D eigenvalue weighted by atomic mass is 10.1. The van der Waals surface area contributed by atoms with Crippen molar-refractivity contribution in [2.75, 3.05) is 11.9 Å². The Labute approximate surface area is 152 Å². The van der Waals surface area contributed by atoms with Gasteiger partial charge in [-0.1, -0.05) is 31.5 Å². The van der Waals surface area contributed by atoms with E-state index in [2.05, 4.69) is 24.4 Å². The van der Waals surface area contributed by atoms with Crippen LogP contribution in [0.4, 0.5) is 5.69 Å². The van der Waals surface area contributed by atoms with Crippen LogP contribution in [0.1, 0.15) is 47.8 Å². The molecule has 1 aromatic carbocycles. The molecule has 1 fully saturated rings. The van der Waals surface area contributed by atoms with E-state index in [4.69, 9.17) is 0 Å². The molecule has 0 saturated carbocycles. The van der Waals surface area contributed by atoms with E-state index in [1.807, 2.05) is 29.6 Å². The van der Waals surface area contributed by atoms with Gasteiger partial charge in [0.25, 0.3) is 5.91 Å². The molecule has 1 N–H and O–H groups in total. The van der Waals surface area contributed by atoms with Gasteiger partial charge >= 0.3 is 0 Å². The Bertz CT molecular complexity index is 710. The number of carbonyl (C=O) groups is 2. The summed E-state index contributed by atoms with van der Waals surface area (Å²) in [5.74, 6) is -0.133. The molecule has 1 aliphatic heterocycles. The molecule has 2 aromatic rings. The van der Waals surface area contributed by atoms with Gasteiger partial charge in [-0.3, -0.25) is 9.59 Å². The second-order valence-corrected chi connectivity index (χ2v) is 7.37. The summed E-state index contributed by atoms with van der Waals surface area (Å²) in [7, 11) is 0. The first-order valence-corrected chi connectivity index (χ1v) is 9.81. The van der Waals surface area contributed by atoms with Crippen LogP contribution in [-0.2, 0) is 11.2 Å². The molecule has 1 atom stereocenters. The molecule has 3 rings (SSSR count). The average Bonchev–Trinajstić information content (AvgIpc) is 3.32. The number of hydrogen-bond donors (Lipinski definition) is 1. The number of rotatable bonds is 6. The number of unbranched alkanes of at least 4 members (excludes halogenated alkanes) is 1. The lowest BCUT2D eigenvalue weighted by Gasteiger charge is -2.23. The van der Waals surface area contributed by atoms with Gasteiger partial charge in [-0.15, -0.1) is 11.3 Å². The van der Waals surface area contributed by atoms with Crippen molar-refractivity contribution in [1.82, 2.24) is 4.90 Å².